The minimum atomic E-state index is -0.0747. The van der Waals surface area contributed by atoms with Crippen LogP contribution in [-0.2, 0) is 4.79 Å². The van der Waals surface area contributed by atoms with Crippen molar-refractivity contribution >= 4 is 5.78 Å². The van der Waals surface area contributed by atoms with Crippen molar-refractivity contribution in [2.75, 3.05) is 0 Å². The van der Waals surface area contributed by atoms with Crippen molar-refractivity contribution in [3.8, 4) is 0 Å². The number of carbonyl (C=O) groups excluding carboxylic acids is 1. The van der Waals surface area contributed by atoms with Crippen LogP contribution in [0.1, 0.15) is 72.1 Å². The summed E-state index contributed by atoms with van der Waals surface area (Å²) < 4.78 is 0. The monoisotopic (exact) mass is 304 g/mol. The molecule has 0 amide bonds. The van der Waals surface area contributed by atoms with Gasteiger partial charge in [0.25, 0.3) is 0 Å². The van der Waals surface area contributed by atoms with Crippen molar-refractivity contribution in [1.29, 1.82) is 0 Å². The molecule has 2 heteroatoms. The molecule has 4 saturated carbocycles. The summed E-state index contributed by atoms with van der Waals surface area (Å²) in [5, 5.41) is 10.5. The second-order valence-corrected chi connectivity index (χ2v) is 9.50. The van der Waals surface area contributed by atoms with Crippen LogP contribution in [0.25, 0.3) is 0 Å². The molecule has 0 unspecified atom stereocenters. The Morgan fingerprint density at radius 2 is 1.77 bits per heavy atom. The van der Waals surface area contributed by atoms with Gasteiger partial charge in [-0.2, -0.15) is 0 Å². The number of Topliss-reactive ketones (excluding diaryl/α,β-unsaturated/α-hetero) is 1. The minimum Gasteiger partial charge on any atom is -0.393 e. The Labute approximate surface area is 135 Å². The zero-order chi connectivity index (χ0) is 15.7. The molecule has 0 heterocycles. The maximum absolute atomic E-state index is 12.1. The van der Waals surface area contributed by atoms with Crippen LogP contribution in [0.4, 0.5) is 0 Å². The van der Waals surface area contributed by atoms with E-state index in [9.17, 15) is 9.90 Å². The summed E-state index contributed by atoms with van der Waals surface area (Å²) in [6, 6.07) is 0. The highest BCUT2D eigenvalue weighted by Crippen LogP contribution is 2.66. The molecule has 0 spiro atoms. The van der Waals surface area contributed by atoms with Gasteiger partial charge in [-0.15, -0.1) is 0 Å². The van der Waals surface area contributed by atoms with Crippen LogP contribution in [0.3, 0.4) is 0 Å². The van der Waals surface area contributed by atoms with E-state index in [1.807, 2.05) is 0 Å². The molecule has 124 valence electrons. The highest BCUT2D eigenvalue weighted by molar-refractivity contribution is 5.80. The summed E-state index contributed by atoms with van der Waals surface area (Å²) in [5.74, 6) is 3.99. The summed E-state index contributed by atoms with van der Waals surface area (Å²) >= 11 is 0. The number of hydrogen-bond donors (Lipinski definition) is 1. The summed E-state index contributed by atoms with van der Waals surface area (Å²) in [4.78, 5) is 12.1. The zero-order valence-electron chi connectivity index (χ0n) is 14.5. The molecule has 0 aliphatic heterocycles. The number of carbonyl (C=O) groups is 1. The van der Waals surface area contributed by atoms with Gasteiger partial charge in [-0.25, -0.2) is 0 Å². The fourth-order valence-electron chi connectivity index (χ4n) is 7.45. The number of ketones is 1. The largest absolute Gasteiger partial charge is 0.393 e. The molecule has 4 rings (SSSR count). The van der Waals surface area contributed by atoms with Crippen molar-refractivity contribution in [2.45, 2.75) is 78.2 Å². The van der Waals surface area contributed by atoms with E-state index in [2.05, 4.69) is 20.8 Å². The first kappa shape index (κ1) is 15.2. The molecule has 0 bridgehead atoms. The quantitative estimate of drug-likeness (QED) is 0.728. The fraction of sp³-hybridized carbons (Fsp3) is 0.950. The van der Waals surface area contributed by atoms with E-state index in [1.54, 1.807) is 0 Å². The molecule has 0 saturated heterocycles. The number of aliphatic hydroxyl groups excluding tert-OH is 1. The summed E-state index contributed by atoms with van der Waals surface area (Å²) in [6.07, 6.45) is 8.84. The fourth-order valence-corrected chi connectivity index (χ4v) is 7.45. The molecule has 4 fully saturated rings. The van der Waals surface area contributed by atoms with Crippen LogP contribution in [0.15, 0.2) is 0 Å². The molecule has 0 aromatic rings. The molecule has 8 atom stereocenters. The van der Waals surface area contributed by atoms with Gasteiger partial charge in [-0.3, -0.25) is 4.79 Å². The highest BCUT2D eigenvalue weighted by atomic mass is 16.3. The maximum Gasteiger partial charge on any atom is 0.133 e. The first-order chi connectivity index (χ1) is 10.4. The SMILES string of the molecule is C[C@H]1CC(=O)C[C@@H]2CC[C@@H]3[C@H]4CC[C@H](O)[C@]4(C)CC[C@H]3[C@]21C. The Kier molecular flexibility index (Phi) is 3.32. The molecule has 4 aliphatic rings. The normalized spacial score (nSPS) is 57.9. The number of rotatable bonds is 0. The van der Waals surface area contributed by atoms with E-state index in [-0.39, 0.29) is 11.5 Å². The van der Waals surface area contributed by atoms with Gasteiger partial charge in [0.2, 0.25) is 0 Å². The third-order valence-electron chi connectivity index (χ3n) is 8.98. The lowest BCUT2D eigenvalue weighted by atomic mass is 9.43. The molecule has 4 aliphatic carbocycles. The van der Waals surface area contributed by atoms with Gasteiger partial charge in [0, 0.05) is 12.8 Å². The Balaban J connectivity index is 1.67. The molecular formula is C20H32O2. The van der Waals surface area contributed by atoms with Gasteiger partial charge in [0.1, 0.15) is 5.78 Å². The van der Waals surface area contributed by atoms with Crippen LogP contribution < -0.4 is 0 Å². The zero-order valence-corrected chi connectivity index (χ0v) is 14.5. The predicted molar refractivity (Wildman–Crippen MR) is 87.3 cm³/mol. The Morgan fingerprint density at radius 3 is 2.55 bits per heavy atom. The highest BCUT2D eigenvalue weighted by Gasteiger charge is 2.61. The summed E-state index contributed by atoms with van der Waals surface area (Å²) in [5.41, 5.74) is 0.545. The van der Waals surface area contributed by atoms with Gasteiger partial charge >= 0.3 is 0 Å². The summed E-state index contributed by atoms with van der Waals surface area (Å²) in [7, 11) is 0. The van der Waals surface area contributed by atoms with Crippen LogP contribution in [0, 0.1) is 40.4 Å². The Hall–Kier alpha value is -0.370. The molecule has 0 aromatic carbocycles. The standard InChI is InChI=1S/C20H32O2/c1-12-10-14(21)11-13-4-5-15-16-6-7-18(22)19(16,2)9-8-17(15)20(12,13)3/h12-13,15-18,22H,4-11H2,1-3H3/t12-,13-,15+,16+,17+,18-,19+,20-/m0/s1. The molecule has 0 aromatic heterocycles. The van der Waals surface area contributed by atoms with Crippen LogP contribution >= 0.6 is 0 Å². The molecular weight excluding hydrogens is 272 g/mol. The van der Waals surface area contributed by atoms with Gasteiger partial charge in [0.15, 0.2) is 0 Å². The van der Waals surface area contributed by atoms with E-state index in [0.717, 1.165) is 37.0 Å². The van der Waals surface area contributed by atoms with Crippen molar-refractivity contribution in [3.05, 3.63) is 0 Å². The van der Waals surface area contributed by atoms with Crippen LogP contribution in [0.2, 0.25) is 0 Å². The molecule has 1 N–H and O–H groups in total. The van der Waals surface area contributed by atoms with Crippen molar-refractivity contribution in [3.63, 3.8) is 0 Å². The summed E-state index contributed by atoms with van der Waals surface area (Å²) in [6.45, 7) is 7.21. The first-order valence-corrected chi connectivity index (χ1v) is 9.57. The van der Waals surface area contributed by atoms with Crippen molar-refractivity contribution < 1.29 is 9.90 Å². The lowest BCUT2D eigenvalue weighted by Gasteiger charge is -2.62. The third kappa shape index (κ3) is 1.79. The van der Waals surface area contributed by atoms with Gasteiger partial charge in [0.05, 0.1) is 6.10 Å². The van der Waals surface area contributed by atoms with Gasteiger partial charge < -0.3 is 5.11 Å². The first-order valence-electron chi connectivity index (χ1n) is 9.57. The van der Waals surface area contributed by atoms with Gasteiger partial charge in [-0.05, 0) is 78.9 Å². The molecule has 22 heavy (non-hydrogen) atoms. The van der Waals surface area contributed by atoms with E-state index < -0.39 is 0 Å². The minimum absolute atomic E-state index is 0.0747. The molecule has 0 radical (unpaired) electrons. The Morgan fingerprint density at radius 1 is 1.00 bits per heavy atom. The predicted octanol–water partition coefficient (Wildman–Crippen LogP) is 4.21. The van der Waals surface area contributed by atoms with E-state index >= 15 is 0 Å². The third-order valence-corrected chi connectivity index (χ3v) is 8.98. The maximum atomic E-state index is 12.1. The van der Waals surface area contributed by atoms with Crippen LogP contribution in [0.5, 0.6) is 0 Å². The van der Waals surface area contributed by atoms with Crippen molar-refractivity contribution in [1.82, 2.24) is 0 Å². The second kappa shape index (κ2) is 4.82. The topological polar surface area (TPSA) is 37.3 Å². The number of aliphatic hydroxyl groups is 1. The molecule has 2 nitrogen and oxygen atoms in total. The average molecular weight is 304 g/mol. The average Bonchev–Trinajstić information content (AvgIpc) is 2.77. The van der Waals surface area contributed by atoms with E-state index in [1.165, 1.54) is 32.1 Å². The second-order valence-electron chi connectivity index (χ2n) is 9.50. The number of hydrogen-bond acceptors (Lipinski definition) is 2. The van der Waals surface area contributed by atoms with Gasteiger partial charge in [-0.1, -0.05) is 20.8 Å². The van der Waals surface area contributed by atoms with Crippen molar-refractivity contribution in [2.24, 2.45) is 40.4 Å². The van der Waals surface area contributed by atoms with E-state index in [4.69, 9.17) is 0 Å². The Bertz CT molecular complexity index is 486. The van der Waals surface area contributed by atoms with E-state index in [0.29, 0.717) is 23.0 Å². The lowest BCUT2D eigenvalue weighted by Crippen LogP contribution is -2.56. The lowest BCUT2D eigenvalue weighted by molar-refractivity contribution is -0.154. The number of fused-ring (bicyclic) bond motifs is 5. The van der Waals surface area contributed by atoms with Crippen LogP contribution in [-0.4, -0.2) is 17.0 Å². The smallest absolute Gasteiger partial charge is 0.133 e.